The Morgan fingerprint density at radius 2 is 2.24 bits per heavy atom. The standard InChI is InChI=1S/C15H18N2O2S2/c1-19-12(18)7-4-8-20-14-13-10-5-2-3-6-11(10)21-15(13)17-9-16-14/h9H,2-8H2,1H3. The van der Waals surface area contributed by atoms with Gasteiger partial charge in [0.1, 0.15) is 16.2 Å². The molecule has 2 aromatic heterocycles. The molecule has 0 atom stereocenters. The van der Waals surface area contributed by atoms with E-state index >= 15 is 0 Å². The lowest BCUT2D eigenvalue weighted by Gasteiger charge is -2.11. The molecule has 0 amide bonds. The summed E-state index contributed by atoms with van der Waals surface area (Å²) in [5.41, 5.74) is 1.47. The van der Waals surface area contributed by atoms with Gasteiger partial charge in [-0.1, -0.05) is 0 Å². The number of carbonyl (C=O) groups excluding carboxylic acids is 1. The average Bonchev–Trinajstić information content (AvgIpc) is 2.90. The number of methoxy groups -OCH3 is 1. The minimum absolute atomic E-state index is 0.142. The summed E-state index contributed by atoms with van der Waals surface area (Å²) >= 11 is 3.55. The molecule has 2 heterocycles. The highest BCUT2D eigenvalue weighted by molar-refractivity contribution is 7.99. The number of aromatic nitrogens is 2. The largest absolute Gasteiger partial charge is 0.469 e. The van der Waals surface area contributed by atoms with E-state index in [2.05, 4.69) is 14.7 Å². The maximum absolute atomic E-state index is 11.1. The highest BCUT2D eigenvalue weighted by Crippen LogP contribution is 2.39. The molecule has 2 aromatic rings. The van der Waals surface area contributed by atoms with Crippen molar-refractivity contribution in [3.8, 4) is 0 Å². The zero-order chi connectivity index (χ0) is 14.7. The van der Waals surface area contributed by atoms with Gasteiger partial charge in [-0.05, 0) is 37.7 Å². The van der Waals surface area contributed by atoms with Crippen LogP contribution in [0, 0.1) is 0 Å². The van der Waals surface area contributed by atoms with Crippen LogP contribution in [0.3, 0.4) is 0 Å². The number of hydrogen-bond acceptors (Lipinski definition) is 6. The molecule has 0 aromatic carbocycles. The van der Waals surface area contributed by atoms with Crippen molar-refractivity contribution >= 4 is 39.3 Å². The second kappa shape index (κ2) is 6.75. The molecule has 21 heavy (non-hydrogen) atoms. The van der Waals surface area contributed by atoms with Crippen molar-refractivity contribution in [3.05, 3.63) is 16.8 Å². The summed E-state index contributed by atoms with van der Waals surface area (Å²) in [6.07, 6.45) is 7.83. The second-order valence-electron chi connectivity index (χ2n) is 5.10. The summed E-state index contributed by atoms with van der Waals surface area (Å²) in [7, 11) is 1.43. The van der Waals surface area contributed by atoms with E-state index < -0.39 is 0 Å². The fourth-order valence-corrected chi connectivity index (χ4v) is 4.92. The number of carbonyl (C=O) groups is 1. The van der Waals surface area contributed by atoms with Crippen molar-refractivity contribution in [2.75, 3.05) is 12.9 Å². The molecule has 112 valence electrons. The third-order valence-corrected chi connectivity index (χ3v) is 5.98. The van der Waals surface area contributed by atoms with Gasteiger partial charge in [-0.25, -0.2) is 9.97 Å². The second-order valence-corrected chi connectivity index (χ2v) is 7.27. The Labute approximate surface area is 132 Å². The van der Waals surface area contributed by atoms with Crippen molar-refractivity contribution in [1.29, 1.82) is 0 Å². The summed E-state index contributed by atoms with van der Waals surface area (Å²) < 4.78 is 4.66. The summed E-state index contributed by atoms with van der Waals surface area (Å²) in [5.74, 6) is 0.739. The van der Waals surface area contributed by atoms with Crippen LogP contribution in [0.4, 0.5) is 0 Å². The van der Waals surface area contributed by atoms with Crippen molar-refractivity contribution in [2.24, 2.45) is 0 Å². The summed E-state index contributed by atoms with van der Waals surface area (Å²) in [6, 6.07) is 0. The van der Waals surface area contributed by atoms with Crippen molar-refractivity contribution < 1.29 is 9.53 Å². The Bertz CT molecular complexity index is 654. The molecule has 0 aliphatic heterocycles. The lowest BCUT2D eigenvalue weighted by Crippen LogP contribution is -2.01. The lowest BCUT2D eigenvalue weighted by molar-refractivity contribution is -0.140. The van der Waals surface area contributed by atoms with Gasteiger partial charge >= 0.3 is 5.97 Å². The number of esters is 1. The number of thioether (sulfide) groups is 1. The first-order valence-corrected chi connectivity index (χ1v) is 9.04. The monoisotopic (exact) mass is 322 g/mol. The molecule has 0 saturated carbocycles. The number of ether oxygens (including phenoxy) is 1. The van der Waals surface area contributed by atoms with Gasteiger partial charge in [0.05, 0.1) is 7.11 Å². The number of thiophene rings is 1. The molecule has 6 heteroatoms. The third-order valence-electron chi connectivity index (χ3n) is 3.71. The molecule has 4 nitrogen and oxygen atoms in total. The first kappa shape index (κ1) is 14.8. The Kier molecular flexibility index (Phi) is 4.75. The maximum Gasteiger partial charge on any atom is 0.305 e. The predicted octanol–water partition coefficient (Wildman–Crippen LogP) is 3.62. The van der Waals surface area contributed by atoms with Gasteiger partial charge < -0.3 is 4.74 Å². The molecular weight excluding hydrogens is 304 g/mol. The SMILES string of the molecule is COC(=O)CCCSc1ncnc2sc3c(c12)CCCC3. The van der Waals surface area contributed by atoms with Gasteiger partial charge in [-0.2, -0.15) is 0 Å². The van der Waals surface area contributed by atoms with Gasteiger partial charge in [0.15, 0.2) is 0 Å². The van der Waals surface area contributed by atoms with E-state index in [-0.39, 0.29) is 5.97 Å². The zero-order valence-corrected chi connectivity index (χ0v) is 13.7. The highest BCUT2D eigenvalue weighted by atomic mass is 32.2. The summed E-state index contributed by atoms with van der Waals surface area (Å²) in [4.78, 5) is 22.6. The highest BCUT2D eigenvalue weighted by Gasteiger charge is 2.19. The van der Waals surface area contributed by atoms with Crippen molar-refractivity contribution in [3.63, 3.8) is 0 Å². The Balaban J connectivity index is 1.76. The number of rotatable bonds is 5. The molecule has 0 saturated heterocycles. The van der Waals surface area contributed by atoms with E-state index in [1.807, 2.05) is 11.3 Å². The first-order chi connectivity index (χ1) is 10.3. The number of fused-ring (bicyclic) bond motifs is 3. The van der Waals surface area contributed by atoms with Gasteiger partial charge in [-0.3, -0.25) is 4.79 Å². The van der Waals surface area contributed by atoms with Crippen LogP contribution in [-0.4, -0.2) is 28.8 Å². The number of nitrogens with zero attached hydrogens (tertiary/aromatic N) is 2. The predicted molar refractivity (Wildman–Crippen MR) is 86.0 cm³/mol. The van der Waals surface area contributed by atoms with E-state index in [1.54, 1.807) is 18.1 Å². The van der Waals surface area contributed by atoms with E-state index in [0.717, 1.165) is 28.5 Å². The van der Waals surface area contributed by atoms with Crippen LogP contribution in [0.5, 0.6) is 0 Å². The number of hydrogen-bond donors (Lipinski definition) is 0. The molecule has 0 N–H and O–H groups in total. The van der Waals surface area contributed by atoms with E-state index in [0.29, 0.717) is 6.42 Å². The van der Waals surface area contributed by atoms with Gasteiger partial charge in [0, 0.05) is 22.4 Å². The average molecular weight is 322 g/mol. The molecular formula is C15H18N2O2S2. The van der Waals surface area contributed by atoms with Gasteiger partial charge in [0.2, 0.25) is 0 Å². The van der Waals surface area contributed by atoms with Gasteiger partial charge in [0.25, 0.3) is 0 Å². The Hall–Kier alpha value is -1.14. The molecule has 0 radical (unpaired) electrons. The number of aryl methyl sites for hydroxylation is 2. The summed E-state index contributed by atoms with van der Waals surface area (Å²) in [6.45, 7) is 0. The van der Waals surface area contributed by atoms with Crippen LogP contribution in [-0.2, 0) is 22.4 Å². The topological polar surface area (TPSA) is 52.1 Å². The first-order valence-electron chi connectivity index (χ1n) is 7.24. The van der Waals surface area contributed by atoms with Crippen molar-refractivity contribution in [1.82, 2.24) is 9.97 Å². The lowest BCUT2D eigenvalue weighted by atomic mass is 9.97. The fraction of sp³-hybridized carbons (Fsp3) is 0.533. The van der Waals surface area contributed by atoms with Crippen LogP contribution in [0.1, 0.15) is 36.1 Å². The van der Waals surface area contributed by atoms with Crippen LogP contribution in [0.25, 0.3) is 10.2 Å². The smallest absolute Gasteiger partial charge is 0.305 e. The Morgan fingerprint density at radius 1 is 1.38 bits per heavy atom. The van der Waals surface area contributed by atoms with Crippen molar-refractivity contribution in [2.45, 2.75) is 43.6 Å². The van der Waals surface area contributed by atoms with Crippen LogP contribution >= 0.6 is 23.1 Å². The molecule has 1 aliphatic carbocycles. The summed E-state index contributed by atoms with van der Waals surface area (Å²) in [5, 5.41) is 2.34. The fourth-order valence-electron chi connectivity index (χ4n) is 2.66. The third kappa shape index (κ3) is 3.21. The van der Waals surface area contributed by atoms with Crippen LogP contribution in [0.2, 0.25) is 0 Å². The van der Waals surface area contributed by atoms with E-state index in [4.69, 9.17) is 0 Å². The minimum atomic E-state index is -0.142. The normalized spacial score (nSPS) is 14.1. The van der Waals surface area contributed by atoms with Crippen LogP contribution < -0.4 is 0 Å². The molecule has 0 unspecified atom stereocenters. The van der Waals surface area contributed by atoms with E-state index in [1.165, 1.54) is 42.2 Å². The Morgan fingerprint density at radius 3 is 3.10 bits per heavy atom. The van der Waals surface area contributed by atoms with Crippen LogP contribution in [0.15, 0.2) is 11.4 Å². The van der Waals surface area contributed by atoms with Gasteiger partial charge in [-0.15, -0.1) is 23.1 Å². The zero-order valence-electron chi connectivity index (χ0n) is 12.1. The minimum Gasteiger partial charge on any atom is -0.469 e. The maximum atomic E-state index is 11.1. The molecule has 0 fully saturated rings. The molecule has 0 bridgehead atoms. The quantitative estimate of drug-likeness (QED) is 0.364. The molecule has 0 spiro atoms. The van der Waals surface area contributed by atoms with E-state index in [9.17, 15) is 4.79 Å². The molecule has 1 aliphatic rings. The molecule has 3 rings (SSSR count).